The molecule has 0 unspecified atom stereocenters. The van der Waals surface area contributed by atoms with Gasteiger partial charge in [-0.3, -0.25) is 4.99 Å². The van der Waals surface area contributed by atoms with Crippen LogP contribution in [0, 0.1) is 5.92 Å². The first-order valence-electron chi connectivity index (χ1n) is 10.0. The summed E-state index contributed by atoms with van der Waals surface area (Å²) in [5, 5.41) is 6.32. The Morgan fingerprint density at radius 3 is 2.50 bits per heavy atom. The maximum Gasteiger partial charge on any atom is 0.191 e. The third-order valence-corrected chi connectivity index (χ3v) is 6.62. The van der Waals surface area contributed by atoms with Crippen LogP contribution in [0.4, 0.5) is 0 Å². The van der Waals surface area contributed by atoms with Crippen LogP contribution in [-0.4, -0.2) is 64.3 Å². The van der Waals surface area contributed by atoms with E-state index in [2.05, 4.69) is 27.4 Å². The summed E-state index contributed by atoms with van der Waals surface area (Å²) in [6.07, 6.45) is 3.61. The maximum atomic E-state index is 12.3. The van der Waals surface area contributed by atoms with E-state index in [4.69, 9.17) is 0 Å². The predicted octanol–water partition coefficient (Wildman–Crippen LogP) is 2.76. The number of sulfone groups is 1. The fraction of sp³-hybridized carbons (Fsp3) is 0.650. The molecule has 0 spiro atoms. The van der Waals surface area contributed by atoms with Crippen LogP contribution >= 0.6 is 24.0 Å². The van der Waals surface area contributed by atoms with Crippen molar-refractivity contribution >= 4 is 39.8 Å². The summed E-state index contributed by atoms with van der Waals surface area (Å²) in [6, 6.07) is 8.58. The fourth-order valence-electron chi connectivity index (χ4n) is 3.16. The fourth-order valence-corrected chi connectivity index (χ4v) is 4.34. The highest BCUT2D eigenvalue weighted by Gasteiger charge is 2.15. The first-order valence-corrected chi connectivity index (χ1v) is 11.7. The third-order valence-electron chi connectivity index (χ3n) is 4.89. The summed E-state index contributed by atoms with van der Waals surface area (Å²) in [5.74, 6) is 1.59. The van der Waals surface area contributed by atoms with Gasteiger partial charge < -0.3 is 15.5 Å². The molecule has 2 rings (SSSR count). The highest BCUT2D eigenvalue weighted by atomic mass is 127. The zero-order chi connectivity index (χ0) is 19.5. The van der Waals surface area contributed by atoms with Crippen LogP contribution in [0.3, 0.4) is 0 Å². The lowest BCUT2D eigenvalue weighted by Crippen LogP contribution is -2.40. The van der Waals surface area contributed by atoms with Crippen molar-refractivity contribution in [3.8, 4) is 0 Å². The molecular formula is C20H35IN4O2S. The van der Waals surface area contributed by atoms with Crippen LogP contribution in [0.2, 0.25) is 0 Å². The van der Waals surface area contributed by atoms with E-state index in [9.17, 15) is 8.42 Å². The molecule has 1 fully saturated rings. The van der Waals surface area contributed by atoms with Crippen molar-refractivity contribution in [2.24, 2.45) is 10.9 Å². The Kier molecular flexibility index (Phi) is 12.0. The highest BCUT2D eigenvalue weighted by molar-refractivity contribution is 14.0. The maximum absolute atomic E-state index is 12.3. The number of guanidine groups is 1. The number of aliphatic imine (C=N–C) groups is 1. The second-order valence-corrected chi connectivity index (χ2v) is 9.31. The van der Waals surface area contributed by atoms with Crippen LogP contribution in [0.25, 0.3) is 0 Å². The average molecular weight is 522 g/mol. The minimum Gasteiger partial charge on any atom is -0.357 e. The van der Waals surface area contributed by atoms with E-state index in [0.29, 0.717) is 17.4 Å². The first-order chi connectivity index (χ1) is 13.0. The van der Waals surface area contributed by atoms with Crippen molar-refractivity contribution in [1.29, 1.82) is 0 Å². The molecule has 0 aromatic heterocycles. The monoisotopic (exact) mass is 522 g/mol. The summed E-state index contributed by atoms with van der Waals surface area (Å²) in [5.41, 5.74) is 0. The predicted molar refractivity (Wildman–Crippen MR) is 127 cm³/mol. The van der Waals surface area contributed by atoms with Gasteiger partial charge in [0.25, 0.3) is 0 Å². The molecule has 1 saturated heterocycles. The molecule has 1 aliphatic rings. The van der Waals surface area contributed by atoms with Gasteiger partial charge in [0.1, 0.15) is 0 Å². The number of hydrogen-bond acceptors (Lipinski definition) is 4. The van der Waals surface area contributed by atoms with Crippen LogP contribution in [0.1, 0.15) is 33.1 Å². The molecule has 0 radical (unpaired) electrons. The second kappa shape index (κ2) is 13.4. The Bertz CT molecular complexity index is 675. The molecule has 0 aliphatic carbocycles. The third kappa shape index (κ3) is 9.09. The van der Waals surface area contributed by atoms with Gasteiger partial charge in [0.05, 0.1) is 10.6 Å². The SMILES string of the molecule is CCNC(=NCCCN1CCC(C)CC1)NCCS(=O)(=O)c1ccccc1.I. The highest BCUT2D eigenvalue weighted by Crippen LogP contribution is 2.15. The van der Waals surface area contributed by atoms with Gasteiger partial charge in [0.2, 0.25) is 0 Å². The molecule has 0 atom stereocenters. The van der Waals surface area contributed by atoms with E-state index >= 15 is 0 Å². The standard InChI is InChI=1S/C20H34N4O2S.HI/c1-3-21-20(22-12-7-14-24-15-10-18(2)11-16-24)23-13-17-27(25,26)19-8-5-4-6-9-19;/h4-6,8-9,18H,3,7,10-17H2,1-2H3,(H2,21,22,23);1H. The number of rotatable bonds is 9. The molecule has 0 bridgehead atoms. The molecule has 1 heterocycles. The normalized spacial score (nSPS) is 16.4. The summed E-state index contributed by atoms with van der Waals surface area (Å²) in [6.45, 7) is 9.64. The summed E-state index contributed by atoms with van der Waals surface area (Å²) in [4.78, 5) is 7.46. The van der Waals surface area contributed by atoms with Gasteiger partial charge in [-0.05, 0) is 63.9 Å². The van der Waals surface area contributed by atoms with E-state index in [-0.39, 0.29) is 29.7 Å². The quantitative estimate of drug-likeness (QED) is 0.226. The Balaban J connectivity index is 0.00000392. The Hall–Kier alpha value is -0.870. The topological polar surface area (TPSA) is 73.8 Å². The summed E-state index contributed by atoms with van der Waals surface area (Å²) in [7, 11) is -3.27. The molecule has 8 heteroatoms. The van der Waals surface area contributed by atoms with Crippen LogP contribution in [-0.2, 0) is 9.84 Å². The van der Waals surface area contributed by atoms with Gasteiger partial charge in [0, 0.05) is 19.6 Å². The minimum absolute atomic E-state index is 0. The number of hydrogen-bond donors (Lipinski definition) is 2. The smallest absolute Gasteiger partial charge is 0.191 e. The van der Waals surface area contributed by atoms with Crippen LogP contribution < -0.4 is 10.6 Å². The van der Waals surface area contributed by atoms with E-state index in [1.54, 1.807) is 24.3 Å². The number of halogens is 1. The lowest BCUT2D eigenvalue weighted by atomic mass is 9.99. The molecule has 160 valence electrons. The van der Waals surface area contributed by atoms with Gasteiger partial charge >= 0.3 is 0 Å². The van der Waals surface area contributed by atoms with E-state index in [0.717, 1.165) is 32.0 Å². The minimum atomic E-state index is -3.27. The van der Waals surface area contributed by atoms with E-state index < -0.39 is 9.84 Å². The van der Waals surface area contributed by atoms with Gasteiger partial charge in [-0.1, -0.05) is 25.1 Å². The Labute approximate surface area is 187 Å². The van der Waals surface area contributed by atoms with Crippen LogP contribution in [0.5, 0.6) is 0 Å². The Morgan fingerprint density at radius 2 is 1.86 bits per heavy atom. The first kappa shape index (κ1) is 25.2. The molecule has 6 nitrogen and oxygen atoms in total. The van der Waals surface area contributed by atoms with Gasteiger partial charge in [0.15, 0.2) is 15.8 Å². The zero-order valence-electron chi connectivity index (χ0n) is 17.1. The number of likely N-dealkylation sites (tertiary alicyclic amines) is 1. The van der Waals surface area contributed by atoms with Crippen molar-refractivity contribution in [1.82, 2.24) is 15.5 Å². The Morgan fingerprint density at radius 1 is 1.18 bits per heavy atom. The molecule has 0 saturated carbocycles. The lowest BCUT2D eigenvalue weighted by Gasteiger charge is -2.29. The van der Waals surface area contributed by atoms with Gasteiger partial charge in [-0.2, -0.15) is 0 Å². The zero-order valence-corrected chi connectivity index (χ0v) is 20.2. The molecule has 28 heavy (non-hydrogen) atoms. The van der Waals surface area contributed by atoms with Crippen molar-refractivity contribution < 1.29 is 8.42 Å². The molecule has 1 aromatic carbocycles. The molecule has 0 amide bonds. The van der Waals surface area contributed by atoms with Crippen molar-refractivity contribution in [2.75, 3.05) is 45.0 Å². The average Bonchev–Trinajstić information content (AvgIpc) is 2.67. The second-order valence-electron chi connectivity index (χ2n) is 7.20. The van der Waals surface area contributed by atoms with Gasteiger partial charge in [-0.15, -0.1) is 24.0 Å². The molecule has 1 aromatic rings. The van der Waals surface area contributed by atoms with Crippen molar-refractivity contribution in [3.05, 3.63) is 30.3 Å². The molecule has 1 aliphatic heterocycles. The summed E-state index contributed by atoms with van der Waals surface area (Å²) >= 11 is 0. The van der Waals surface area contributed by atoms with E-state index in [1.807, 2.05) is 13.0 Å². The van der Waals surface area contributed by atoms with Crippen LogP contribution in [0.15, 0.2) is 40.2 Å². The van der Waals surface area contributed by atoms with Gasteiger partial charge in [-0.25, -0.2) is 8.42 Å². The lowest BCUT2D eigenvalue weighted by molar-refractivity contribution is 0.192. The number of piperidine rings is 1. The largest absolute Gasteiger partial charge is 0.357 e. The number of nitrogens with zero attached hydrogens (tertiary/aromatic N) is 2. The molecule has 2 N–H and O–H groups in total. The number of nitrogens with one attached hydrogen (secondary N) is 2. The van der Waals surface area contributed by atoms with Crippen molar-refractivity contribution in [3.63, 3.8) is 0 Å². The van der Waals surface area contributed by atoms with Crippen molar-refractivity contribution in [2.45, 2.75) is 38.0 Å². The number of benzene rings is 1. The molecular weight excluding hydrogens is 487 g/mol. The van der Waals surface area contributed by atoms with E-state index in [1.165, 1.54) is 25.9 Å². The summed E-state index contributed by atoms with van der Waals surface area (Å²) < 4.78 is 24.6.